The maximum Gasteiger partial charge on any atom is 0.306 e. The molecule has 0 aromatic carbocycles. The third-order valence-electron chi connectivity index (χ3n) is 14.0. The first-order valence-corrected chi connectivity index (χ1v) is 18.1. The van der Waals surface area contributed by atoms with Crippen molar-refractivity contribution in [2.24, 2.45) is 46.3 Å². The number of carbonyl (C=O) groups excluding carboxylic acids is 1. The summed E-state index contributed by atoms with van der Waals surface area (Å²) in [4.78, 5) is 25.9. The lowest BCUT2D eigenvalue weighted by molar-refractivity contribution is -0.174. The summed E-state index contributed by atoms with van der Waals surface area (Å²) >= 11 is 6.05. The summed E-state index contributed by atoms with van der Waals surface area (Å²) in [5.74, 6) is 2.45. The Kier molecular flexibility index (Phi) is 8.59. The SMILES string of the molecule is C[C@H](CCC(=O)O[C@H]1C[C@H](n2cnc3c(N)nc(Cl)nc32)O[C@]1(C)CO)[C@H]1CCC2[C@H]3C(CC[C@@]21C)[C@@]1(C)CC[C@@H](O)C[C@H]1C[C@@H]3O. The van der Waals surface area contributed by atoms with Gasteiger partial charge in [-0.3, -0.25) is 9.36 Å². The molecule has 260 valence electrons. The summed E-state index contributed by atoms with van der Waals surface area (Å²) in [6, 6.07) is 0. The van der Waals surface area contributed by atoms with Crippen LogP contribution in [0.5, 0.6) is 0 Å². The van der Waals surface area contributed by atoms with E-state index in [0.717, 1.165) is 57.8 Å². The van der Waals surface area contributed by atoms with E-state index in [4.69, 9.17) is 26.8 Å². The number of aliphatic hydroxyl groups is 3. The average Bonchev–Trinajstić information content (AvgIpc) is 3.70. The van der Waals surface area contributed by atoms with Crippen LogP contribution in [-0.2, 0) is 14.3 Å². The number of aliphatic hydroxyl groups excluding tert-OH is 3. The largest absolute Gasteiger partial charge is 0.459 e. The third kappa shape index (κ3) is 5.47. The molecule has 4 aliphatic carbocycles. The van der Waals surface area contributed by atoms with Gasteiger partial charge in [-0.25, -0.2) is 4.98 Å². The van der Waals surface area contributed by atoms with Crippen LogP contribution in [0.3, 0.4) is 0 Å². The predicted molar refractivity (Wildman–Crippen MR) is 176 cm³/mol. The Morgan fingerprint density at radius 1 is 1.11 bits per heavy atom. The van der Waals surface area contributed by atoms with Crippen molar-refractivity contribution in [1.82, 2.24) is 19.5 Å². The second kappa shape index (κ2) is 12.1. The van der Waals surface area contributed by atoms with Gasteiger partial charge in [0, 0.05) is 12.8 Å². The molecule has 2 aromatic heterocycles. The molecule has 12 heteroatoms. The van der Waals surface area contributed by atoms with Gasteiger partial charge >= 0.3 is 5.97 Å². The second-order valence-corrected chi connectivity index (χ2v) is 16.8. The quantitative estimate of drug-likeness (QED) is 0.231. The molecule has 5 fully saturated rings. The van der Waals surface area contributed by atoms with Gasteiger partial charge in [-0.2, -0.15) is 9.97 Å². The molecule has 7 rings (SSSR count). The number of nitrogens with zero attached hydrogens (tertiary/aromatic N) is 4. The predicted octanol–water partition coefficient (Wildman–Crippen LogP) is 5.05. The molecular formula is C35H52ClN5O6. The van der Waals surface area contributed by atoms with E-state index in [1.54, 1.807) is 17.8 Å². The first kappa shape index (κ1) is 33.4. The summed E-state index contributed by atoms with van der Waals surface area (Å²) in [7, 11) is 0. The van der Waals surface area contributed by atoms with E-state index in [0.29, 0.717) is 59.5 Å². The van der Waals surface area contributed by atoms with Gasteiger partial charge in [0.15, 0.2) is 11.5 Å². The highest BCUT2D eigenvalue weighted by atomic mass is 35.5. The molecule has 0 bridgehead atoms. The lowest BCUT2D eigenvalue weighted by atomic mass is 9.43. The number of fused-ring (bicyclic) bond motifs is 6. The zero-order chi connectivity index (χ0) is 33.5. The van der Waals surface area contributed by atoms with Crippen molar-refractivity contribution < 1.29 is 29.6 Å². The van der Waals surface area contributed by atoms with Crippen LogP contribution >= 0.6 is 11.6 Å². The number of halogens is 1. The number of nitrogens with two attached hydrogens (primary N) is 1. The van der Waals surface area contributed by atoms with Crippen LogP contribution in [0, 0.1) is 46.3 Å². The highest BCUT2D eigenvalue weighted by molar-refractivity contribution is 6.28. The highest BCUT2D eigenvalue weighted by Crippen LogP contribution is 2.68. The number of aromatic nitrogens is 4. The molecular weight excluding hydrogens is 622 g/mol. The molecule has 11 nitrogen and oxygen atoms in total. The van der Waals surface area contributed by atoms with Gasteiger partial charge in [-0.05, 0) is 123 Å². The van der Waals surface area contributed by atoms with Crippen molar-refractivity contribution in [3.8, 4) is 0 Å². The maximum absolute atomic E-state index is 13.3. The van der Waals surface area contributed by atoms with Crippen molar-refractivity contribution in [2.45, 2.75) is 128 Å². The molecule has 0 radical (unpaired) electrons. The second-order valence-electron chi connectivity index (χ2n) is 16.4. The molecule has 0 spiro atoms. The number of imidazole rings is 1. The van der Waals surface area contributed by atoms with E-state index in [1.165, 1.54) is 0 Å². The Labute approximate surface area is 282 Å². The number of carbonyl (C=O) groups is 1. The van der Waals surface area contributed by atoms with Crippen molar-refractivity contribution in [3.05, 3.63) is 11.6 Å². The number of nitrogen functional groups attached to an aromatic ring is 1. The Balaban J connectivity index is 0.986. The highest BCUT2D eigenvalue weighted by Gasteiger charge is 2.63. The van der Waals surface area contributed by atoms with E-state index in [9.17, 15) is 20.1 Å². The molecule has 0 amide bonds. The maximum atomic E-state index is 13.3. The summed E-state index contributed by atoms with van der Waals surface area (Å²) in [5.41, 5.74) is 6.06. The Hall–Kier alpha value is -2.05. The molecule has 47 heavy (non-hydrogen) atoms. The molecule has 5 aliphatic rings. The Bertz CT molecular complexity index is 1510. The van der Waals surface area contributed by atoms with Crippen molar-refractivity contribution in [3.63, 3.8) is 0 Å². The van der Waals surface area contributed by atoms with Gasteiger partial charge in [0.25, 0.3) is 0 Å². The standard InChI is InChI=1S/C35H52ClN5O6/c1-18(21-6-7-22-28-23(10-12-34(21,22)3)33(2)11-9-20(43)13-19(33)14-24(28)44)5-8-27(45)46-25-15-26(47-35(25,4)16-42)41-17-38-29-30(37)39-32(36)40-31(29)41/h17-26,28,42-44H,5-16H2,1-4H3,(H2,37,39,40)/t18-,19+,20-,21-,22?,23?,24+,25+,26-,28+,33+,34-,35-/m1/s1. The number of rotatable bonds is 7. The molecule has 1 saturated heterocycles. The molecule has 13 atom stereocenters. The fourth-order valence-corrected chi connectivity index (χ4v) is 11.6. The monoisotopic (exact) mass is 673 g/mol. The first-order valence-electron chi connectivity index (χ1n) is 17.8. The van der Waals surface area contributed by atoms with Crippen LogP contribution in [0.2, 0.25) is 5.28 Å². The normalized spacial score (nSPS) is 43.7. The number of ether oxygens (including phenoxy) is 2. The fourth-order valence-electron chi connectivity index (χ4n) is 11.4. The third-order valence-corrected chi connectivity index (χ3v) is 14.2. The fraction of sp³-hybridized carbons (Fsp3) is 0.829. The molecule has 2 unspecified atom stereocenters. The smallest absolute Gasteiger partial charge is 0.306 e. The summed E-state index contributed by atoms with van der Waals surface area (Å²) < 4.78 is 13.9. The van der Waals surface area contributed by atoms with Crippen molar-refractivity contribution in [1.29, 1.82) is 0 Å². The van der Waals surface area contributed by atoms with Gasteiger partial charge in [-0.15, -0.1) is 0 Å². The van der Waals surface area contributed by atoms with Gasteiger partial charge in [0.05, 0.1) is 25.1 Å². The van der Waals surface area contributed by atoms with E-state index in [2.05, 4.69) is 35.7 Å². The average molecular weight is 674 g/mol. The zero-order valence-electron chi connectivity index (χ0n) is 28.1. The summed E-state index contributed by atoms with van der Waals surface area (Å²) in [6.45, 7) is 8.62. The molecule has 4 saturated carbocycles. The number of anilines is 1. The minimum atomic E-state index is -1.09. The van der Waals surface area contributed by atoms with Crippen molar-refractivity contribution in [2.75, 3.05) is 12.3 Å². The Morgan fingerprint density at radius 2 is 1.85 bits per heavy atom. The van der Waals surface area contributed by atoms with Gasteiger partial charge in [0.1, 0.15) is 23.4 Å². The molecule has 3 heterocycles. The van der Waals surface area contributed by atoms with Crippen LogP contribution < -0.4 is 5.73 Å². The minimum absolute atomic E-state index is 0.00458. The van der Waals surface area contributed by atoms with E-state index in [1.807, 2.05) is 0 Å². The molecule has 1 aliphatic heterocycles. The lowest BCUT2D eigenvalue weighted by Crippen LogP contribution is -2.58. The minimum Gasteiger partial charge on any atom is -0.459 e. The van der Waals surface area contributed by atoms with E-state index < -0.39 is 17.9 Å². The van der Waals surface area contributed by atoms with Crippen LogP contribution in [0.1, 0.15) is 105 Å². The summed E-state index contributed by atoms with van der Waals surface area (Å²) in [6.07, 6.45) is 9.30. The van der Waals surface area contributed by atoms with E-state index in [-0.39, 0.29) is 46.7 Å². The summed E-state index contributed by atoms with van der Waals surface area (Å²) in [5, 5.41) is 32.2. The van der Waals surface area contributed by atoms with E-state index >= 15 is 0 Å². The number of hydrogen-bond donors (Lipinski definition) is 4. The van der Waals surface area contributed by atoms with Gasteiger partial charge in [-0.1, -0.05) is 20.8 Å². The van der Waals surface area contributed by atoms with Gasteiger partial charge in [0.2, 0.25) is 5.28 Å². The van der Waals surface area contributed by atoms with Crippen LogP contribution in [0.25, 0.3) is 11.2 Å². The lowest BCUT2D eigenvalue weighted by Gasteiger charge is -2.62. The van der Waals surface area contributed by atoms with Crippen LogP contribution in [0.4, 0.5) is 5.82 Å². The van der Waals surface area contributed by atoms with Gasteiger partial charge < -0.3 is 30.5 Å². The van der Waals surface area contributed by atoms with Crippen molar-refractivity contribution >= 4 is 34.6 Å². The topological polar surface area (TPSA) is 166 Å². The number of hydrogen-bond acceptors (Lipinski definition) is 10. The molecule has 5 N–H and O–H groups in total. The van der Waals surface area contributed by atoms with Crippen LogP contribution in [-0.4, -0.2) is 71.3 Å². The molecule has 2 aromatic rings. The van der Waals surface area contributed by atoms with Crippen LogP contribution in [0.15, 0.2) is 6.33 Å². The Morgan fingerprint density at radius 3 is 2.62 bits per heavy atom. The zero-order valence-corrected chi connectivity index (χ0v) is 28.9. The number of esters is 1. The first-order chi connectivity index (χ1) is 22.3.